The number of hydrogen-bond acceptors (Lipinski definition) is 8. The first kappa shape index (κ1) is 20.3. The number of hydrogen-bond donors (Lipinski definition) is 3. The van der Waals surface area contributed by atoms with Crippen LogP contribution in [-0.4, -0.2) is 59.9 Å². The lowest BCUT2D eigenvalue weighted by Crippen LogP contribution is -2.50. The summed E-state index contributed by atoms with van der Waals surface area (Å²) in [6.45, 7) is 1.58. The topological polar surface area (TPSA) is 123 Å². The van der Waals surface area contributed by atoms with Gasteiger partial charge in [0.2, 0.25) is 5.78 Å². The molecule has 2 aromatic carbocycles. The molecule has 0 bridgehead atoms. The lowest BCUT2D eigenvalue weighted by atomic mass is 9.73. The van der Waals surface area contributed by atoms with Gasteiger partial charge >= 0.3 is 0 Å². The summed E-state index contributed by atoms with van der Waals surface area (Å²) in [4.78, 5) is 26.4. The van der Waals surface area contributed by atoms with Crippen molar-refractivity contribution in [3.8, 4) is 17.2 Å². The van der Waals surface area contributed by atoms with E-state index < -0.39 is 40.9 Å². The molecule has 0 aromatic heterocycles. The van der Waals surface area contributed by atoms with Crippen molar-refractivity contribution in [2.75, 3.05) is 21.3 Å². The lowest BCUT2D eigenvalue weighted by molar-refractivity contribution is -0.151. The number of carbonyl (C=O) groups is 2. The van der Waals surface area contributed by atoms with E-state index in [2.05, 4.69) is 0 Å². The number of aromatic hydroxyl groups is 2. The molecule has 0 heterocycles. The molecule has 0 fully saturated rings. The highest BCUT2D eigenvalue weighted by Gasteiger charge is 2.48. The molecule has 0 saturated carbocycles. The van der Waals surface area contributed by atoms with E-state index in [4.69, 9.17) is 14.2 Å². The van der Waals surface area contributed by atoms with Crippen LogP contribution in [0.3, 0.4) is 0 Å². The maximum atomic E-state index is 13.2. The first-order valence-corrected chi connectivity index (χ1v) is 9.33. The van der Waals surface area contributed by atoms with Gasteiger partial charge in [-0.1, -0.05) is 0 Å². The standard InChI is InChI=1S/C22H22O8/c1-22(27)8-9-5-11-16(18(25)14(9)20(29-3)21(22)30-4)19(26)15-12(17(11)24)6-10(28-2)7-13(15)23/h5-7,20-21,23,25,27H,8H2,1-4H3/t20-,21+,22-/m1/s1. The van der Waals surface area contributed by atoms with Gasteiger partial charge in [-0.05, 0) is 24.6 Å². The molecule has 3 N–H and O–H groups in total. The minimum Gasteiger partial charge on any atom is -0.507 e. The fraction of sp³-hybridized carbons (Fsp3) is 0.364. The average Bonchev–Trinajstić information content (AvgIpc) is 2.69. The number of fused-ring (bicyclic) bond motifs is 3. The molecule has 8 heteroatoms. The first-order valence-electron chi connectivity index (χ1n) is 9.33. The van der Waals surface area contributed by atoms with Crippen LogP contribution in [0.1, 0.15) is 56.0 Å². The summed E-state index contributed by atoms with van der Waals surface area (Å²) in [5, 5.41) is 32.3. The summed E-state index contributed by atoms with van der Waals surface area (Å²) in [7, 11) is 4.20. The lowest BCUT2D eigenvalue weighted by Gasteiger charge is -2.42. The second kappa shape index (κ2) is 6.80. The summed E-state index contributed by atoms with van der Waals surface area (Å²) in [6.07, 6.45) is -1.59. The summed E-state index contributed by atoms with van der Waals surface area (Å²) in [5.41, 5.74) is -0.971. The van der Waals surface area contributed by atoms with Crippen LogP contribution in [0, 0.1) is 0 Å². The molecule has 0 radical (unpaired) electrons. The molecule has 0 amide bonds. The molecular weight excluding hydrogens is 392 g/mol. The van der Waals surface area contributed by atoms with E-state index in [9.17, 15) is 24.9 Å². The Balaban J connectivity index is 1.99. The van der Waals surface area contributed by atoms with Crippen LogP contribution in [0.2, 0.25) is 0 Å². The van der Waals surface area contributed by atoms with E-state index >= 15 is 0 Å². The predicted molar refractivity (Wildman–Crippen MR) is 105 cm³/mol. The third kappa shape index (κ3) is 2.64. The maximum absolute atomic E-state index is 13.2. The van der Waals surface area contributed by atoms with Crippen molar-refractivity contribution in [2.24, 2.45) is 0 Å². The Hall–Kier alpha value is -2.94. The Bertz CT molecular complexity index is 1090. The van der Waals surface area contributed by atoms with Crippen LogP contribution < -0.4 is 4.74 Å². The van der Waals surface area contributed by atoms with Gasteiger partial charge in [0.1, 0.15) is 29.5 Å². The molecule has 0 saturated heterocycles. The Morgan fingerprint density at radius 1 is 0.967 bits per heavy atom. The molecule has 0 unspecified atom stereocenters. The average molecular weight is 414 g/mol. The van der Waals surface area contributed by atoms with Gasteiger partial charge in [0, 0.05) is 43.4 Å². The second-order valence-corrected chi connectivity index (χ2v) is 7.79. The van der Waals surface area contributed by atoms with Crippen molar-refractivity contribution in [3.05, 3.63) is 51.6 Å². The number of ether oxygens (including phenoxy) is 3. The highest BCUT2D eigenvalue weighted by Crippen LogP contribution is 2.48. The van der Waals surface area contributed by atoms with Gasteiger partial charge in [-0.2, -0.15) is 0 Å². The van der Waals surface area contributed by atoms with Crippen molar-refractivity contribution >= 4 is 11.6 Å². The van der Waals surface area contributed by atoms with E-state index in [0.717, 1.165) is 0 Å². The van der Waals surface area contributed by atoms with E-state index in [1.54, 1.807) is 6.92 Å². The molecule has 2 aliphatic carbocycles. The number of ketones is 2. The molecule has 0 aliphatic heterocycles. The van der Waals surface area contributed by atoms with Gasteiger partial charge in [-0.3, -0.25) is 9.59 Å². The zero-order valence-corrected chi connectivity index (χ0v) is 17.0. The van der Waals surface area contributed by atoms with Crippen LogP contribution in [0.25, 0.3) is 0 Å². The Morgan fingerprint density at radius 2 is 1.63 bits per heavy atom. The number of carbonyl (C=O) groups excluding carboxylic acids is 2. The van der Waals surface area contributed by atoms with Crippen LogP contribution in [0.15, 0.2) is 18.2 Å². The van der Waals surface area contributed by atoms with Gasteiger partial charge in [-0.15, -0.1) is 0 Å². The van der Waals surface area contributed by atoms with Crippen molar-refractivity contribution in [3.63, 3.8) is 0 Å². The second-order valence-electron chi connectivity index (χ2n) is 7.79. The minimum absolute atomic E-state index is 0.00192. The summed E-state index contributed by atoms with van der Waals surface area (Å²) >= 11 is 0. The molecule has 30 heavy (non-hydrogen) atoms. The number of rotatable bonds is 3. The largest absolute Gasteiger partial charge is 0.507 e. The molecular formula is C22H22O8. The summed E-state index contributed by atoms with van der Waals surface area (Å²) in [6, 6.07) is 4.11. The quantitative estimate of drug-likeness (QED) is 0.594. The molecule has 2 aliphatic rings. The molecule has 8 nitrogen and oxygen atoms in total. The molecule has 3 atom stereocenters. The van der Waals surface area contributed by atoms with Crippen molar-refractivity contribution in [2.45, 2.75) is 31.2 Å². The van der Waals surface area contributed by atoms with Crippen LogP contribution >= 0.6 is 0 Å². The maximum Gasteiger partial charge on any atom is 0.201 e. The third-order valence-electron chi connectivity index (χ3n) is 5.92. The number of phenols is 2. The number of methoxy groups -OCH3 is 3. The van der Waals surface area contributed by atoms with E-state index in [0.29, 0.717) is 5.56 Å². The fourth-order valence-corrected chi connectivity index (χ4v) is 4.60. The van der Waals surface area contributed by atoms with Crippen molar-refractivity contribution in [1.29, 1.82) is 0 Å². The Morgan fingerprint density at radius 3 is 2.23 bits per heavy atom. The third-order valence-corrected chi connectivity index (χ3v) is 5.92. The zero-order chi connectivity index (χ0) is 22.0. The minimum atomic E-state index is -1.33. The van der Waals surface area contributed by atoms with Gasteiger partial charge < -0.3 is 29.5 Å². The Labute approximate surface area is 172 Å². The normalized spacial score (nSPS) is 24.8. The molecule has 0 spiro atoms. The Kier molecular flexibility index (Phi) is 4.61. The predicted octanol–water partition coefficient (Wildman–Crippen LogP) is 1.89. The van der Waals surface area contributed by atoms with E-state index in [-0.39, 0.29) is 40.0 Å². The number of aliphatic hydroxyl groups is 1. The number of phenolic OH excluding ortho intramolecular Hbond substituents is 2. The molecule has 158 valence electrons. The van der Waals surface area contributed by atoms with E-state index in [1.807, 2.05) is 0 Å². The first-order chi connectivity index (χ1) is 14.2. The SMILES string of the molecule is COc1cc(O)c2c(c1)C(=O)c1cc3c(c(O)c1C2=O)[C@@H](OC)[C@H](OC)[C@](C)(O)C3. The van der Waals surface area contributed by atoms with Gasteiger partial charge in [0.05, 0.1) is 23.8 Å². The molecule has 2 aromatic rings. The highest BCUT2D eigenvalue weighted by molar-refractivity contribution is 6.30. The summed E-state index contributed by atoms with van der Waals surface area (Å²) in [5.74, 6) is -1.81. The zero-order valence-electron chi connectivity index (χ0n) is 17.0. The van der Waals surface area contributed by atoms with Crippen molar-refractivity contribution < 1.29 is 39.1 Å². The van der Waals surface area contributed by atoms with Gasteiger partial charge in [0.15, 0.2) is 5.78 Å². The van der Waals surface area contributed by atoms with Crippen LogP contribution in [-0.2, 0) is 15.9 Å². The van der Waals surface area contributed by atoms with Gasteiger partial charge in [0.25, 0.3) is 0 Å². The fourth-order valence-electron chi connectivity index (χ4n) is 4.60. The van der Waals surface area contributed by atoms with E-state index in [1.165, 1.54) is 39.5 Å². The van der Waals surface area contributed by atoms with Crippen LogP contribution in [0.5, 0.6) is 17.2 Å². The van der Waals surface area contributed by atoms with Crippen molar-refractivity contribution in [1.82, 2.24) is 0 Å². The summed E-state index contributed by atoms with van der Waals surface area (Å²) < 4.78 is 16.0. The highest BCUT2D eigenvalue weighted by atomic mass is 16.5. The monoisotopic (exact) mass is 414 g/mol. The van der Waals surface area contributed by atoms with Gasteiger partial charge in [-0.25, -0.2) is 0 Å². The molecule has 4 rings (SSSR count). The number of benzene rings is 2. The van der Waals surface area contributed by atoms with Crippen LogP contribution in [0.4, 0.5) is 0 Å². The smallest absolute Gasteiger partial charge is 0.201 e.